The zero-order chi connectivity index (χ0) is 19.1. The highest BCUT2D eigenvalue weighted by Crippen LogP contribution is 2.24. The van der Waals surface area contributed by atoms with Gasteiger partial charge in [0, 0.05) is 10.7 Å². The van der Waals surface area contributed by atoms with Crippen molar-refractivity contribution in [2.45, 2.75) is 20.0 Å². The van der Waals surface area contributed by atoms with E-state index in [1.54, 1.807) is 36.4 Å². The highest BCUT2D eigenvalue weighted by atomic mass is 35.5. The van der Waals surface area contributed by atoms with Crippen LogP contribution < -0.4 is 14.8 Å². The quantitative estimate of drug-likeness (QED) is 0.740. The molecule has 0 fully saturated rings. The Morgan fingerprint density at radius 1 is 1.15 bits per heavy atom. The molecule has 2 rings (SSSR count). The number of amides is 1. The lowest BCUT2D eigenvalue weighted by molar-refractivity contribution is -0.123. The lowest BCUT2D eigenvalue weighted by Crippen LogP contribution is -2.30. The van der Waals surface area contributed by atoms with Gasteiger partial charge in [-0.1, -0.05) is 11.6 Å². The minimum atomic E-state index is -1.00. The van der Waals surface area contributed by atoms with Gasteiger partial charge in [0.1, 0.15) is 17.1 Å². The molecule has 1 atom stereocenters. The fraction of sp³-hybridized carbons (Fsp3) is 0.263. The van der Waals surface area contributed by atoms with Crippen molar-refractivity contribution >= 4 is 29.2 Å². The summed E-state index contributed by atoms with van der Waals surface area (Å²) in [6.45, 7) is 3.94. The highest BCUT2D eigenvalue weighted by Gasteiger charge is 2.21. The van der Waals surface area contributed by atoms with Gasteiger partial charge in [0.15, 0.2) is 6.10 Å². The number of nitrogens with one attached hydrogen (secondary N) is 1. The smallest absolute Gasteiger partial charge is 0.342 e. The van der Waals surface area contributed by atoms with Gasteiger partial charge in [-0.25, -0.2) is 4.79 Å². The molecule has 0 bridgehead atoms. The summed E-state index contributed by atoms with van der Waals surface area (Å²) in [6.07, 6.45) is -1.00. The number of carbonyl (C=O) groups excluding carboxylic acids is 2. The Kier molecular flexibility index (Phi) is 6.86. The third-order valence-corrected chi connectivity index (χ3v) is 3.70. The molecule has 1 amide bonds. The number of hydrogen-bond donors (Lipinski definition) is 1. The van der Waals surface area contributed by atoms with Crippen LogP contribution in [0.5, 0.6) is 11.5 Å². The maximum atomic E-state index is 12.3. The van der Waals surface area contributed by atoms with Crippen LogP contribution in [-0.2, 0) is 9.53 Å². The van der Waals surface area contributed by atoms with Crippen molar-refractivity contribution in [1.29, 1.82) is 0 Å². The third kappa shape index (κ3) is 5.13. The molecule has 1 N–H and O–H groups in total. The summed E-state index contributed by atoms with van der Waals surface area (Å²) in [5, 5.41) is 3.04. The molecule has 138 valence electrons. The first-order chi connectivity index (χ1) is 12.4. The summed E-state index contributed by atoms with van der Waals surface area (Å²) in [5.41, 5.74) is 0.724. The molecule has 0 aliphatic rings. The second kappa shape index (κ2) is 9.10. The number of ether oxygens (including phenoxy) is 3. The summed E-state index contributed by atoms with van der Waals surface area (Å²) in [5.74, 6) is -0.126. The Bertz CT molecular complexity index is 776. The van der Waals surface area contributed by atoms with E-state index in [9.17, 15) is 9.59 Å². The lowest BCUT2D eigenvalue weighted by Gasteiger charge is -2.15. The van der Waals surface area contributed by atoms with E-state index >= 15 is 0 Å². The monoisotopic (exact) mass is 377 g/mol. The van der Waals surface area contributed by atoms with Crippen molar-refractivity contribution in [3.63, 3.8) is 0 Å². The number of methoxy groups -OCH3 is 1. The predicted molar refractivity (Wildman–Crippen MR) is 99.1 cm³/mol. The minimum absolute atomic E-state index is 0.153. The Morgan fingerprint density at radius 3 is 2.46 bits per heavy atom. The van der Waals surface area contributed by atoms with Crippen LogP contribution in [0.3, 0.4) is 0 Å². The van der Waals surface area contributed by atoms with Crippen molar-refractivity contribution < 1.29 is 23.8 Å². The van der Waals surface area contributed by atoms with Gasteiger partial charge in [0.05, 0.1) is 13.7 Å². The number of anilines is 1. The van der Waals surface area contributed by atoms with E-state index in [-0.39, 0.29) is 5.56 Å². The van der Waals surface area contributed by atoms with E-state index in [1.807, 2.05) is 6.92 Å². The molecule has 0 saturated heterocycles. The second-order valence-electron chi connectivity index (χ2n) is 5.34. The van der Waals surface area contributed by atoms with Gasteiger partial charge in [-0.3, -0.25) is 4.79 Å². The van der Waals surface area contributed by atoms with E-state index in [2.05, 4.69) is 5.32 Å². The van der Waals surface area contributed by atoms with Crippen LogP contribution in [0.2, 0.25) is 5.02 Å². The second-order valence-corrected chi connectivity index (χ2v) is 5.78. The summed E-state index contributed by atoms with van der Waals surface area (Å²) >= 11 is 5.91. The van der Waals surface area contributed by atoms with Gasteiger partial charge >= 0.3 is 5.97 Å². The van der Waals surface area contributed by atoms with Crippen LogP contribution in [0.15, 0.2) is 42.5 Å². The number of rotatable bonds is 7. The van der Waals surface area contributed by atoms with Crippen molar-refractivity contribution in [2.24, 2.45) is 0 Å². The molecular weight excluding hydrogens is 358 g/mol. The van der Waals surface area contributed by atoms with Crippen LogP contribution in [0.4, 0.5) is 5.69 Å². The van der Waals surface area contributed by atoms with Crippen molar-refractivity contribution in [3.8, 4) is 11.5 Å². The lowest BCUT2D eigenvalue weighted by atomic mass is 10.2. The number of hydrogen-bond acceptors (Lipinski definition) is 5. The Balaban J connectivity index is 2.00. The van der Waals surface area contributed by atoms with Gasteiger partial charge in [-0.05, 0) is 56.3 Å². The summed E-state index contributed by atoms with van der Waals surface area (Å²) < 4.78 is 15.7. The fourth-order valence-corrected chi connectivity index (χ4v) is 2.33. The average molecular weight is 378 g/mol. The van der Waals surface area contributed by atoms with Gasteiger partial charge < -0.3 is 19.5 Å². The summed E-state index contributed by atoms with van der Waals surface area (Å²) in [6, 6.07) is 11.5. The zero-order valence-electron chi connectivity index (χ0n) is 14.7. The van der Waals surface area contributed by atoms with Crippen LogP contribution in [0.1, 0.15) is 24.2 Å². The maximum absolute atomic E-state index is 12.3. The fourth-order valence-electron chi connectivity index (χ4n) is 2.16. The molecule has 2 aromatic rings. The molecule has 6 nitrogen and oxygen atoms in total. The molecule has 2 aromatic carbocycles. The molecule has 0 aliphatic heterocycles. The molecule has 26 heavy (non-hydrogen) atoms. The topological polar surface area (TPSA) is 73.9 Å². The average Bonchev–Trinajstić information content (AvgIpc) is 2.63. The minimum Gasteiger partial charge on any atom is -0.496 e. The largest absolute Gasteiger partial charge is 0.496 e. The number of halogens is 1. The van der Waals surface area contributed by atoms with E-state index in [0.29, 0.717) is 28.8 Å². The molecule has 0 aliphatic carbocycles. The summed E-state index contributed by atoms with van der Waals surface area (Å²) in [7, 11) is 1.43. The highest BCUT2D eigenvalue weighted by molar-refractivity contribution is 6.31. The Labute approximate surface area is 157 Å². The zero-order valence-corrected chi connectivity index (χ0v) is 15.5. The molecule has 0 spiro atoms. The van der Waals surface area contributed by atoms with E-state index in [0.717, 1.165) is 0 Å². The molecule has 0 radical (unpaired) electrons. The van der Waals surface area contributed by atoms with Gasteiger partial charge in [0.2, 0.25) is 0 Å². The molecule has 0 heterocycles. The van der Waals surface area contributed by atoms with Crippen LogP contribution in [0.25, 0.3) is 0 Å². The van der Waals surface area contributed by atoms with Crippen LogP contribution >= 0.6 is 11.6 Å². The Morgan fingerprint density at radius 2 is 1.85 bits per heavy atom. The summed E-state index contributed by atoms with van der Waals surface area (Å²) in [4.78, 5) is 24.5. The molecular formula is C19H20ClNO5. The van der Waals surface area contributed by atoms with Gasteiger partial charge in [0.25, 0.3) is 5.91 Å². The van der Waals surface area contributed by atoms with E-state index < -0.39 is 18.0 Å². The van der Waals surface area contributed by atoms with E-state index in [1.165, 1.54) is 20.1 Å². The first-order valence-corrected chi connectivity index (χ1v) is 8.40. The van der Waals surface area contributed by atoms with Crippen LogP contribution in [0, 0.1) is 0 Å². The van der Waals surface area contributed by atoms with Crippen LogP contribution in [-0.4, -0.2) is 31.7 Å². The molecule has 7 heteroatoms. The first kappa shape index (κ1) is 19.6. The number of benzene rings is 2. The maximum Gasteiger partial charge on any atom is 0.342 e. The van der Waals surface area contributed by atoms with Gasteiger partial charge in [-0.15, -0.1) is 0 Å². The van der Waals surface area contributed by atoms with Crippen molar-refractivity contribution in [2.75, 3.05) is 19.0 Å². The van der Waals surface area contributed by atoms with Gasteiger partial charge in [-0.2, -0.15) is 0 Å². The van der Waals surface area contributed by atoms with Crippen molar-refractivity contribution in [3.05, 3.63) is 53.1 Å². The standard InChI is InChI=1S/C19H20ClNO5/c1-4-25-15-8-6-14(7-9-15)21-18(22)12(2)26-19(23)16-11-13(20)5-10-17(16)24-3/h5-12H,4H2,1-3H3,(H,21,22)/t12-/m1/s1. The van der Waals surface area contributed by atoms with Crippen molar-refractivity contribution in [1.82, 2.24) is 0 Å². The molecule has 0 saturated carbocycles. The Hall–Kier alpha value is -2.73. The predicted octanol–water partition coefficient (Wildman–Crippen LogP) is 3.93. The number of carbonyl (C=O) groups is 2. The van der Waals surface area contributed by atoms with E-state index in [4.69, 9.17) is 25.8 Å². The normalized spacial score (nSPS) is 11.4. The SMILES string of the molecule is CCOc1ccc(NC(=O)[C@@H](C)OC(=O)c2cc(Cl)ccc2OC)cc1. The first-order valence-electron chi connectivity index (χ1n) is 8.02. The molecule has 0 aromatic heterocycles. The molecule has 0 unspecified atom stereocenters. The third-order valence-electron chi connectivity index (χ3n) is 3.47. The number of esters is 1.